The van der Waals surface area contributed by atoms with Crippen molar-refractivity contribution in [1.29, 1.82) is 0 Å². The van der Waals surface area contributed by atoms with Gasteiger partial charge in [-0.15, -0.1) is 0 Å². The zero-order chi connectivity index (χ0) is 17.1. The van der Waals surface area contributed by atoms with Gasteiger partial charge in [0.1, 0.15) is 17.3 Å². The highest BCUT2D eigenvalue weighted by Gasteiger charge is 2.22. The highest BCUT2D eigenvalue weighted by Crippen LogP contribution is 2.12. The second kappa shape index (κ2) is 6.33. The average Bonchev–Trinajstić information content (AvgIpc) is 2.60. The maximum atomic E-state index is 12.4. The van der Waals surface area contributed by atoms with Crippen LogP contribution in [0.4, 0.5) is 0 Å². The molecule has 0 aliphatic carbocycles. The van der Waals surface area contributed by atoms with Crippen molar-refractivity contribution in [3.8, 4) is 0 Å². The van der Waals surface area contributed by atoms with Gasteiger partial charge in [0.05, 0.1) is 0 Å². The molecule has 1 unspecified atom stereocenters. The van der Waals surface area contributed by atoms with Crippen molar-refractivity contribution in [2.24, 2.45) is 5.73 Å². The Morgan fingerprint density at radius 2 is 1.79 bits per heavy atom. The number of fused-ring (bicyclic) bond motifs is 1. The summed E-state index contributed by atoms with van der Waals surface area (Å²) in [5, 5.41) is 2.49. The predicted molar refractivity (Wildman–Crippen MR) is 87.3 cm³/mol. The van der Waals surface area contributed by atoms with Gasteiger partial charge >= 0.3 is 0 Å². The van der Waals surface area contributed by atoms with E-state index in [9.17, 15) is 14.4 Å². The predicted octanol–water partition coefficient (Wildman–Crippen LogP) is 0.651. The van der Waals surface area contributed by atoms with Crippen molar-refractivity contribution in [1.82, 2.24) is 14.7 Å². The molecule has 3 N–H and O–H groups in total. The molecule has 2 heterocycles. The van der Waals surface area contributed by atoms with Crippen LogP contribution in [0.2, 0.25) is 0 Å². The summed E-state index contributed by atoms with van der Waals surface area (Å²) >= 11 is 0. The summed E-state index contributed by atoms with van der Waals surface area (Å²) in [6, 6.07) is 12.6. The Bertz CT molecular complexity index is 966. The number of aromatic nitrogens is 2. The fourth-order valence-electron chi connectivity index (χ4n) is 2.36. The van der Waals surface area contributed by atoms with Crippen LogP contribution >= 0.6 is 0 Å². The number of primary amides is 1. The number of pyridine rings is 1. The Labute approximate surface area is 136 Å². The Morgan fingerprint density at radius 1 is 1.08 bits per heavy atom. The molecule has 0 fully saturated rings. The first-order valence-electron chi connectivity index (χ1n) is 7.19. The van der Waals surface area contributed by atoms with E-state index >= 15 is 0 Å². The lowest BCUT2D eigenvalue weighted by Gasteiger charge is -2.15. The fraction of sp³-hybridized carbons (Fsp3) is 0.0588. The van der Waals surface area contributed by atoms with Crippen LogP contribution in [0.5, 0.6) is 0 Å². The third-order valence-electron chi connectivity index (χ3n) is 3.55. The third kappa shape index (κ3) is 2.87. The number of nitrogens with two attached hydrogens (primary N) is 1. The van der Waals surface area contributed by atoms with Crippen molar-refractivity contribution in [3.63, 3.8) is 0 Å². The Kier molecular flexibility index (Phi) is 4.07. The zero-order valence-corrected chi connectivity index (χ0v) is 12.5. The molecule has 2 aromatic heterocycles. The van der Waals surface area contributed by atoms with Gasteiger partial charge in [0.15, 0.2) is 0 Å². The van der Waals surface area contributed by atoms with E-state index in [2.05, 4.69) is 10.3 Å². The van der Waals surface area contributed by atoms with E-state index in [0.717, 1.165) is 0 Å². The molecule has 0 aliphatic heterocycles. The molecule has 0 aliphatic rings. The van der Waals surface area contributed by atoms with Crippen LogP contribution in [0.25, 0.3) is 5.65 Å². The van der Waals surface area contributed by atoms with E-state index in [-0.39, 0.29) is 5.56 Å². The largest absolute Gasteiger partial charge is 0.368 e. The van der Waals surface area contributed by atoms with Crippen LogP contribution in [0, 0.1) is 0 Å². The van der Waals surface area contributed by atoms with Crippen LogP contribution in [0.1, 0.15) is 22.0 Å². The SMILES string of the molecule is NC(=O)C(NC(=O)c1cnc2ccccn2c1=O)c1ccccc1. The number of carbonyl (C=O) groups excluding carboxylic acids is 2. The number of nitrogens with zero attached hydrogens (tertiary/aromatic N) is 2. The number of benzene rings is 1. The van der Waals surface area contributed by atoms with Gasteiger partial charge in [-0.2, -0.15) is 0 Å². The molecule has 7 heteroatoms. The monoisotopic (exact) mass is 322 g/mol. The van der Waals surface area contributed by atoms with Crippen molar-refractivity contribution in [2.45, 2.75) is 6.04 Å². The average molecular weight is 322 g/mol. The normalized spacial score (nSPS) is 11.8. The second-order valence-electron chi connectivity index (χ2n) is 5.13. The van der Waals surface area contributed by atoms with Crippen LogP contribution in [0.15, 0.2) is 65.7 Å². The van der Waals surface area contributed by atoms with E-state index in [4.69, 9.17) is 5.73 Å². The highest BCUT2D eigenvalue weighted by molar-refractivity contribution is 5.97. The Balaban J connectivity index is 1.96. The molecule has 2 amide bonds. The summed E-state index contributed by atoms with van der Waals surface area (Å²) in [6.07, 6.45) is 2.71. The maximum absolute atomic E-state index is 12.4. The summed E-state index contributed by atoms with van der Waals surface area (Å²) in [7, 11) is 0. The van der Waals surface area contributed by atoms with Gasteiger partial charge in [-0.05, 0) is 17.7 Å². The van der Waals surface area contributed by atoms with Gasteiger partial charge in [0.2, 0.25) is 5.91 Å². The molecule has 24 heavy (non-hydrogen) atoms. The Morgan fingerprint density at radius 3 is 2.50 bits per heavy atom. The molecule has 7 nitrogen and oxygen atoms in total. The van der Waals surface area contributed by atoms with Crippen molar-refractivity contribution in [3.05, 3.63) is 82.4 Å². The van der Waals surface area contributed by atoms with Gasteiger partial charge < -0.3 is 11.1 Å². The quantitative estimate of drug-likeness (QED) is 0.735. The Hall–Kier alpha value is -3.48. The van der Waals surface area contributed by atoms with Gasteiger partial charge in [-0.3, -0.25) is 18.8 Å². The second-order valence-corrected chi connectivity index (χ2v) is 5.13. The van der Waals surface area contributed by atoms with E-state index in [1.165, 1.54) is 16.8 Å². The fourth-order valence-corrected chi connectivity index (χ4v) is 2.36. The molecule has 0 radical (unpaired) electrons. The van der Waals surface area contributed by atoms with E-state index in [0.29, 0.717) is 11.2 Å². The zero-order valence-electron chi connectivity index (χ0n) is 12.5. The van der Waals surface area contributed by atoms with Gasteiger partial charge in [0, 0.05) is 12.4 Å². The van der Waals surface area contributed by atoms with Gasteiger partial charge in [0.25, 0.3) is 11.5 Å². The van der Waals surface area contributed by atoms with E-state index in [1.54, 1.807) is 48.5 Å². The summed E-state index contributed by atoms with van der Waals surface area (Å²) in [5.74, 6) is -1.43. The lowest BCUT2D eigenvalue weighted by Crippen LogP contribution is -2.40. The topological polar surface area (TPSA) is 107 Å². The van der Waals surface area contributed by atoms with Crippen molar-refractivity contribution < 1.29 is 9.59 Å². The molecular formula is C17H14N4O3. The molecule has 0 spiro atoms. The van der Waals surface area contributed by atoms with Crippen LogP contribution in [-0.4, -0.2) is 21.2 Å². The minimum absolute atomic E-state index is 0.166. The number of carbonyl (C=O) groups is 2. The molecule has 0 saturated heterocycles. The minimum atomic E-state index is -1.03. The molecule has 1 aromatic carbocycles. The molecule has 3 rings (SSSR count). The number of amides is 2. The standard InChI is InChI=1S/C17H14N4O3/c18-15(22)14(11-6-2-1-3-7-11)20-16(23)12-10-19-13-8-4-5-9-21(13)17(12)24/h1-10,14H,(H2,18,22)(H,20,23). The van der Waals surface area contributed by atoms with Crippen LogP contribution < -0.4 is 16.6 Å². The van der Waals surface area contributed by atoms with E-state index in [1.807, 2.05) is 0 Å². The number of hydrogen-bond donors (Lipinski definition) is 2. The maximum Gasteiger partial charge on any atom is 0.270 e. The highest BCUT2D eigenvalue weighted by atomic mass is 16.2. The first kappa shape index (κ1) is 15.4. The van der Waals surface area contributed by atoms with Crippen molar-refractivity contribution >= 4 is 17.5 Å². The van der Waals surface area contributed by atoms with Gasteiger partial charge in [-0.25, -0.2) is 4.98 Å². The first-order valence-corrected chi connectivity index (χ1v) is 7.19. The number of hydrogen-bond acceptors (Lipinski definition) is 4. The van der Waals surface area contributed by atoms with Crippen LogP contribution in [-0.2, 0) is 4.79 Å². The number of rotatable bonds is 4. The number of nitrogens with one attached hydrogen (secondary N) is 1. The van der Waals surface area contributed by atoms with Crippen LogP contribution in [0.3, 0.4) is 0 Å². The summed E-state index contributed by atoms with van der Waals surface area (Å²) in [6.45, 7) is 0. The smallest absolute Gasteiger partial charge is 0.270 e. The van der Waals surface area contributed by atoms with Gasteiger partial charge in [-0.1, -0.05) is 36.4 Å². The molecule has 120 valence electrons. The summed E-state index contributed by atoms with van der Waals surface area (Å²) in [4.78, 5) is 40.6. The third-order valence-corrected chi connectivity index (χ3v) is 3.55. The lowest BCUT2D eigenvalue weighted by molar-refractivity contribution is -0.120. The first-order chi connectivity index (χ1) is 11.6. The molecule has 1 atom stereocenters. The summed E-state index contributed by atoms with van der Waals surface area (Å²) < 4.78 is 1.26. The minimum Gasteiger partial charge on any atom is -0.368 e. The van der Waals surface area contributed by atoms with E-state index < -0.39 is 23.4 Å². The van der Waals surface area contributed by atoms with Crippen molar-refractivity contribution in [2.75, 3.05) is 0 Å². The molecule has 0 saturated carbocycles. The summed E-state index contributed by atoms with van der Waals surface area (Å²) in [5.41, 5.74) is 5.65. The molecular weight excluding hydrogens is 308 g/mol. The molecule has 3 aromatic rings. The molecule has 0 bridgehead atoms. The lowest BCUT2D eigenvalue weighted by atomic mass is 10.1.